The number of anilines is 1. The number of carboxylic acids is 1. The van der Waals surface area contributed by atoms with Crippen LogP contribution in [0.25, 0.3) is 22.2 Å². The highest BCUT2D eigenvalue weighted by Gasteiger charge is 2.23. The highest BCUT2D eigenvalue weighted by atomic mass is 79.9. The normalized spacial score (nSPS) is 14.4. The van der Waals surface area contributed by atoms with Crippen LogP contribution in [0.5, 0.6) is 0 Å². The van der Waals surface area contributed by atoms with Crippen LogP contribution in [-0.2, 0) is 9.59 Å². The van der Waals surface area contributed by atoms with Crippen molar-refractivity contribution in [3.05, 3.63) is 65.2 Å². The Balaban J connectivity index is 1.62. The first-order valence-electron chi connectivity index (χ1n) is 9.49. The zero-order valence-corrected chi connectivity index (χ0v) is 17.6. The van der Waals surface area contributed by atoms with Gasteiger partial charge in [0.15, 0.2) is 0 Å². The first-order valence-corrected chi connectivity index (χ1v) is 10.3. The number of halogens is 1. The van der Waals surface area contributed by atoms with Gasteiger partial charge < -0.3 is 14.9 Å². The number of aliphatic carboxylic acids is 1. The number of benzene rings is 2. The summed E-state index contributed by atoms with van der Waals surface area (Å²) in [5, 5.41) is 9.65. The molecule has 4 rings (SSSR count). The molecular formula is C22H19BrN4O3. The molecule has 30 heavy (non-hydrogen) atoms. The van der Waals surface area contributed by atoms with Crippen molar-refractivity contribution in [1.82, 2.24) is 14.9 Å². The number of aromatic nitrogens is 2. The molecule has 1 N–H and O–H groups in total. The monoisotopic (exact) mass is 466 g/mol. The molecule has 0 saturated carbocycles. The van der Waals surface area contributed by atoms with E-state index in [4.69, 9.17) is 15.1 Å². The van der Waals surface area contributed by atoms with Crippen molar-refractivity contribution in [2.24, 2.45) is 0 Å². The summed E-state index contributed by atoms with van der Waals surface area (Å²) in [6.45, 7) is 2.10. The van der Waals surface area contributed by atoms with E-state index in [1.54, 1.807) is 4.90 Å². The van der Waals surface area contributed by atoms with Gasteiger partial charge >= 0.3 is 5.97 Å². The molecule has 7 nitrogen and oxygen atoms in total. The number of carbonyl (C=O) groups excluding carboxylic acids is 1. The lowest BCUT2D eigenvalue weighted by molar-refractivity contribution is -0.132. The van der Waals surface area contributed by atoms with Gasteiger partial charge in [0.1, 0.15) is 0 Å². The fourth-order valence-corrected chi connectivity index (χ4v) is 3.78. The van der Waals surface area contributed by atoms with Gasteiger partial charge in [-0.1, -0.05) is 46.3 Å². The van der Waals surface area contributed by atoms with Gasteiger partial charge in [-0.3, -0.25) is 4.79 Å². The van der Waals surface area contributed by atoms with E-state index in [9.17, 15) is 9.59 Å². The van der Waals surface area contributed by atoms with Crippen molar-refractivity contribution >= 4 is 44.7 Å². The molecule has 2 heterocycles. The molecule has 0 radical (unpaired) electrons. The maximum absolute atomic E-state index is 12.1. The average Bonchev–Trinajstić information content (AvgIpc) is 2.77. The van der Waals surface area contributed by atoms with Gasteiger partial charge in [0.2, 0.25) is 11.9 Å². The maximum Gasteiger partial charge on any atom is 0.328 e. The van der Waals surface area contributed by atoms with Crippen LogP contribution in [0.15, 0.2) is 65.2 Å². The molecule has 0 spiro atoms. The second kappa shape index (κ2) is 8.62. The maximum atomic E-state index is 12.1. The van der Waals surface area contributed by atoms with Crippen molar-refractivity contribution in [2.75, 3.05) is 31.1 Å². The van der Waals surface area contributed by atoms with E-state index >= 15 is 0 Å². The van der Waals surface area contributed by atoms with Crippen LogP contribution in [0.3, 0.4) is 0 Å². The lowest BCUT2D eigenvalue weighted by atomic mass is 10.1. The Hall–Kier alpha value is -3.26. The van der Waals surface area contributed by atoms with Gasteiger partial charge in [-0.05, 0) is 18.2 Å². The number of carbonyl (C=O) groups is 2. The van der Waals surface area contributed by atoms with Crippen LogP contribution in [0.1, 0.15) is 0 Å². The molecule has 3 aromatic rings. The van der Waals surface area contributed by atoms with E-state index in [0.717, 1.165) is 38.8 Å². The van der Waals surface area contributed by atoms with Crippen LogP contribution in [0.4, 0.5) is 5.95 Å². The lowest BCUT2D eigenvalue weighted by Gasteiger charge is -2.34. The molecule has 1 amide bonds. The topological polar surface area (TPSA) is 86.6 Å². The SMILES string of the molecule is O=C(O)/C=C/C(=O)N1CCN(c2nc(-c3ccccc3)c3cc(Br)ccc3n2)CC1. The van der Waals surface area contributed by atoms with Crippen LogP contribution in [-0.4, -0.2) is 58.0 Å². The predicted octanol–water partition coefficient (Wildman–Crippen LogP) is 3.35. The molecule has 1 aromatic heterocycles. The third kappa shape index (κ3) is 4.33. The molecule has 8 heteroatoms. The summed E-state index contributed by atoms with van der Waals surface area (Å²) < 4.78 is 0.963. The van der Waals surface area contributed by atoms with Crippen molar-refractivity contribution in [2.45, 2.75) is 0 Å². The Bertz CT molecular complexity index is 1130. The van der Waals surface area contributed by atoms with E-state index in [2.05, 4.69) is 20.8 Å². The summed E-state index contributed by atoms with van der Waals surface area (Å²) in [6, 6.07) is 15.9. The van der Waals surface area contributed by atoms with Crippen LogP contribution in [0.2, 0.25) is 0 Å². The van der Waals surface area contributed by atoms with E-state index in [-0.39, 0.29) is 5.91 Å². The first kappa shape index (κ1) is 20.0. The largest absolute Gasteiger partial charge is 0.478 e. The molecule has 0 bridgehead atoms. The highest BCUT2D eigenvalue weighted by molar-refractivity contribution is 9.10. The first-order chi connectivity index (χ1) is 14.5. The lowest BCUT2D eigenvalue weighted by Crippen LogP contribution is -2.48. The zero-order valence-electron chi connectivity index (χ0n) is 16.0. The minimum absolute atomic E-state index is 0.300. The summed E-state index contributed by atoms with van der Waals surface area (Å²) in [7, 11) is 0. The summed E-state index contributed by atoms with van der Waals surface area (Å²) in [5.74, 6) is -0.810. The van der Waals surface area contributed by atoms with Crippen LogP contribution < -0.4 is 4.90 Å². The Morgan fingerprint density at radius 3 is 2.40 bits per heavy atom. The van der Waals surface area contributed by atoms with Gasteiger partial charge in [0.05, 0.1) is 11.2 Å². The average molecular weight is 467 g/mol. The standard InChI is InChI=1S/C22H19BrN4O3/c23-16-6-7-18-17(14-16)21(15-4-2-1-3-5-15)25-22(24-18)27-12-10-26(11-13-27)19(28)8-9-20(29)30/h1-9,14H,10-13H2,(H,29,30)/b9-8+. The van der Waals surface area contributed by atoms with Crippen molar-refractivity contribution in [3.8, 4) is 11.3 Å². The second-order valence-corrected chi connectivity index (χ2v) is 7.80. The summed E-state index contributed by atoms with van der Waals surface area (Å²) in [4.78, 5) is 36.0. The summed E-state index contributed by atoms with van der Waals surface area (Å²) >= 11 is 3.53. The number of fused-ring (bicyclic) bond motifs is 1. The van der Waals surface area contributed by atoms with Crippen molar-refractivity contribution in [3.63, 3.8) is 0 Å². The third-order valence-corrected chi connectivity index (χ3v) is 5.43. The Morgan fingerprint density at radius 1 is 0.967 bits per heavy atom. The third-order valence-electron chi connectivity index (χ3n) is 4.94. The second-order valence-electron chi connectivity index (χ2n) is 6.88. The number of nitrogens with zero attached hydrogens (tertiary/aromatic N) is 4. The Labute approximate surface area is 181 Å². The number of amides is 1. The summed E-state index contributed by atoms with van der Waals surface area (Å²) in [5.41, 5.74) is 2.72. The van der Waals surface area contributed by atoms with Crippen molar-refractivity contribution in [1.29, 1.82) is 0 Å². The fourth-order valence-electron chi connectivity index (χ4n) is 3.42. The van der Waals surface area contributed by atoms with Crippen molar-refractivity contribution < 1.29 is 14.7 Å². The molecule has 1 saturated heterocycles. The fraction of sp³-hybridized carbons (Fsp3) is 0.182. The molecule has 0 aliphatic carbocycles. The molecule has 1 aliphatic heterocycles. The van der Waals surface area contributed by atoms with Gasteiger partial charge in [-0.25, -0.2) is 14.8 Å². The number of rotatable bonds is 4. The predicted molar refractivity (Wildman–Crippen MR) is 118 cm³/mol. The Kier molecular flexibility index (Phi) is 5.76. The molecule has 0 atom stereocenters. The van der Waals surface area contributed by atoms with E-state index in [0.29, 0.717) is 32.1 Å². The molecular weight excluding hydrogens is 448 g/mol. The zero-order chi connectivity index (χ0) is 21.1. The van der Waals surface area contributed by atoms with E-state index < -0.39 is 5.97 Å². The molecule has 2 aromatic carbocycles. The minimum atomic E-state index is -1.13. The van der Waals surface area contributed by atoms with E-state index in [1.165, 1.54) is 0 Å². The van der Waals surface area contributed by atoms with Crippen LogP contribution >= 0.6 is 15.9 Å². The smallest absolute Gasteiger partial charge is 0.328 e. The molecule has 152 valence electrons. The molecule has 1 fully saturated rings. The minimum Gasteiger partial charge on any atom is -0.478 e. The number of hydrogen-bond donors (Lipinski definition) is 1. The number of hydrogen-bond acceptors (Lipinski definition) is 5. The number of carboxylic acid groups (broad SMARTS) is 1. The van der Waals surface area contributed by atoms with Gasteiger partial charge in [0, 0.05) is 53.8 Å². The molecule has 0 unspecified atom stereocenters. The van der Waals surface area contributed by atoms with Gasteiger partial charge in [-0.2, -0.15) is 0 Å². The van der Waals surface area contributed by atoms with Crippen LogP contribution in [0, 0.1) is 0 Å². The quantitative estimate of drug-likeness (QED) is 0.593. The molecule has 1 aliphatic rings. The summed E-state index contributed by atoms with van der Waals surface area (Å²) in [6.07, 6.45) is 1.96. The highest BCUT2D eigenvalue weighted by Crippen LogP contribution is 2.30. The number of piperazine rings is 1. The van der Waals surface area contributed by atoms with Gasteiger partial charge in [0.25, 0.3) is 0 Å². The van der Waals surface area contributed by atoms with E-state index in [1.807, 2.05) is 48.5 Å². The Morgan fingerprint density at radius 2 is 1.70 bits per heavy atom. The van der Waals surface area contributed by atoms with Gasteiger partial charge in [-0.15, -0.1) is 0 Å².